The van der Waals surface area contributed by atoms with Crippen molar-refractivity contribution in [1.29, 1.82) is 5.26 Å². The van der Waals surface area contributed by atoms with Crippen LogP contribution in [0.25, 0.3) is 0 Å². The van der Waals surface area contributed by atoms with Crippen LogP contribution in [0.3, 0.4) is 0 Å². The fourth-order valence-corrected chi connectivity index (χ4v) is 3.01. The third-order valence-corrected chi connectivity index (χ3v) is 4.29. The van der Waals surface area contributed by atoms with E-state index in [9.17, 15) is 10.1 Å². The number of carbonyl (C=O) groups excluding carboxylic acids is 1. The quantitative estimate of drug-likeness (QED) is 0.911. The first-order chi connectivity index (χ1) is 12.2. The van der Waals surface area contributed by atoms with Crippen molar-refractivity contribution in [3.8, 4) is 6.07 Å². The van der Waals surface area contributed by atoms with E-state index in [1.54, 1.807) is 36.5 Å². The van der Waals surface area contributed by atoms with Crippen molar-refractivity contribution in [2.45, 2.75) is 0 Å². The van der Waals surface area contributed by atoms with Crippen LogP contribution in [0.15, 0.2) is 42.6 Å². The van der Waals surface area contributed by atoms with E-state index >= 15 is 0 Å². The number of nitrogens with one attached hydrogen (secondary N) is 1. The summed E-state index contributed by atoms with van der Waals surface area (Å²) in [6, 6.07) is 12.8. The minimum atomic E-state index is -0.0636. The van der Waals surface area contributed by atoms with E-state index in [1.807, 2.05) is 6.07 Å². The largest absolute Gasteiger partial charge is 0.353 e. The highest BCUT2D eigenvalue weighted by Gasteiger charge is 2.21. The van der Waals surface area contributed by atoms with Gasteiger partial charge in [-0.15, -0.1) is 0 Å². The molecular weight excluding hydrogens is 338 g/mol. The zero-order valence-corrected chi connectivity index (χ0v) is 14.4. The van der Waals surface area contributed by atoms with Crippen LogP contribution in [-0.4, -0.2) is 48.5 Å². The summed E-state index contributed by atoms with van der Waals surface area (Å²) in [5.41, 5.74) is 1.28. The lowest BCUT2D eigenvalue weighted by Crippen LogP contribution is -2.49. The molecule has 1 aromatic heterocycles. The number of nitriles is 1. The predicted octanol–water partition coefficient (Wildman–Crippen LogP) is 2.37. The van der Waals surface area contributed by atoms with Crippen molar-refractivity contribution in [1.82, 2.24) is 9.88 Å². The molecule has 0 atom stereocenters. The Kier molecular flexibility index (Phi) is 5.49. The zero-order valence-electron chi connectivity index (χ0n) is 13.7. The highest BCUT2D eigenvalue weighted by atomic mass is 35.5. The minimum Gasteiger partial charge on any atom is -0.353 e. The maximum atomic E-state index is 12.2. The van der Waals surface area contributed by atoms with Crippen LogP contribution in [0.2, 0.25) is 5.02 Å². The number of hydrogen-bond acceptors (Lipinski definition) is 5. The molecule has 0 saturated carbocycles. The van der Waals surface area contributed by atoms with Crippen molar-refractivity contribution in [3.63, 3.8) is 0 Å². The Bertz CT molecular complexity index is 796. The number of aromatic nitrogens is 1. The molecule has 25 heavy (non-hydrogen) atoms. The molecule has 0 unspecified atom stereocenters. The number of anilines is 2. The van der Waals surface area contributed by atoms with Crippen LogP contribution in [0.5, 0.6) is 0 Å². The van der Waals surface area contributed by atoms with Crippen molar-refractivity contribution in [2.75, 3.05) is 42.9 Å². The van der Waals surface area contributed by atoms with Crippen molar-refractivity contribution >= 4 is 29.0 Å². The second-order valence-corrected chi connectivity index (χ2v) is 6.24. The standard InChI is InChI=1S/C18H18ClN5O/c19-15-4-1-5-16(11-15)22-17(25)13-23-7-9-24(10-8-23)18-14(12-20)3-2-6-21-18/h1-6,11H,7-10,13H2,(H,22,25). The Morgan fingerprint density at radius 1 is 1.24 bits per heavy atom. The first-order valence-corrected chi connectivity index (χ1v) is 8.41. The van der Waals surface area contributed by atoms with Gasteiger partial charge < -0.3 is 10.2 Å². The SMILES string of the molecule is N#Cc1cccnc1N1CCN(CC(=O)Nc2cccc(Cl)c2)CC1. The summed E-state index contributed by atoms with van der Waals surface area (Å²) >= 11 is 5.92. The lowest BCUT2D eigenvalue weighted by molar-refractivity contribution is -0.117. The van der Waals surface area contributed by atoms with Crippen LogP contribution in [0.4, 0.5) is 11.5 Å². The molecule has 3 rings (SSSR count). The summed E-state index contributed by atoms with van der Waals surface area (Å²) in [7, 11) is 0. The third kappa shape index (κ3) is 4.47. The Morgan fingerprint density at radius 3 is 2.76 bits per heavy atom. The number of benzene rings is 1. The predicted molar refractivity (Wildman–Crippen MR) is 97.7 cm³/mol. The Hall–Kier alpha value is -2.62. The molecule has 1 fully saturated rings. The average Bonchev–Trinajstić information content (AvgIpc) is 2.62. The molecule has 1 aliphatic heterocycles. The van der Waals surface area contributed by atoms with Gasteiger partial charge in [-0.2, -0.15) is 5.26 Å². The molecule has 1 aliphatic rings. The molecule has 2 heterocycles. The van der Waals surface area contributed by atoms with Crippen molar-refractivity contribution in [3.05, 3.63) is 53.2 Å². The van der Waals surface area contributed by atoms with Crippen LogP contribution >= 0.6 is 11.6 Å². The summed E-state index contributed by atoms with van der Waals surface area (Å²) in [5.74, 6) is 0.652. The van der Waals surface area contributed by atoms with Gasteiger partial charge in [0.25, 0.3) is 0 Å². The molecule has 7 heteroatoms. The van der Waals surface area contributed by atoms with E-state index < -0.39 is 0 Å². The summed E-state index contributed by atoms with van der Waals surface area (Å²) in [4.78, 5) is 20.7. The second-order valence-electron chi connectivity index (χ2n) is 5.81. The van der Waals surface area contributed by atoms with E-state index in [0.717, 1.165) is 26.2 Å². The lowest BCUT2D eigenvalue weighted by Gasteiger charge is -2.35. The number of carbonyl (C=O) groups is 1. The van der Waals surface area contributed by atoms with E-state index in [2.05, 4.69) is 26.2 Å². The number of piperazine rings is 1. The summed E-state index contributed by atoms with van der Waals surface area (Å²) in [6.45, 7) is 3.27. The molecule has 0 radical (unpaired) electrons. The van der Waals surface area contributed by atoms with E-state index in [1.165, 1.54) is 0 Å². The fraction of sp³-hybridized carbons (Fsp3) is 0.278. The monoisotopic (exact) mass is 355 g/mol. The van der Waals surface area contributed by atoms with Gasteiger partial charge in [0, 0.05) is 43.1 Å². The Morgan fingerprint density at radius 2 is 2.04 bits per heavy atom. The first-order valence-electron chi connectivity index (χ1n) is 8.03. The van der Waals surface area contributed by atoms with E-state index in [0.29, 0.717) is 28.6 Å². The van der Waals surface area contributed by atoms with Gasteiger partial charge in [-0.25, -0.2) is 4.98 Å². The molecule has 0 bridgehead atoms. The highest BCUT2D eigenvalue weighted by molar-refractivity contribution is 6.30. The maximum Gasteiger partial charge on any atom is 0.238 e. The van der Waals surface area contributed by atoms with Crippen LogP contribution in [-0.2, 0) is 4.79 Å². The van der Waals surface area contributed by atoms with E-state index in [4.69, 9.17) is 11.6 Å². The zero-order chi connectivity index (χ0) is 17.6. The summed E-state index contributed by atoms with van der Waals surface area (Å²) < 4.78 is 0. The van der Waals surface area contributed by atoms with E-state index in [-0.39, 0.29) is 5.91 Å². The Balaban J connectivity index is 1.52. The molecule has 1 amide bonds. The molecule has 1 N–H and O–H groups in total. The van der Waals surface area contributed by atoms with Gasteiger partial charge in [-0.3, -0.25) is 9.69 Å². The smallest absolute Gasteiger partial charge is 0.238 e. The van der Waals surface area contributed by atoms with Gasteiger partial charge in [-0.05, 0) is 30.3 Å². The number of pyridine rings is 1. The summed E-state index contributed by atoms with van der Waals surface area (Å²) in [5, 5.41) is 12.6. The van der Waals surface area contributed by atoms with Gasteiger partial charge in [0.2, 0.25) is 5.91 Å². The molecule has 2 aromatic rings. The van der Waals surface area contributed by atoms with Crippen LogP contribution < -0.4 is 10.2 Å². The molecule has 128 valence electrons. The average molecular weight is 356 g/mol. The first kappa shape index (κ1) is 17.2. The van der Waals surface area contributed by atoms with Gasteiger partial charge in [0.05, 0.1) is 12.1 Å². The normalized spacial score (nSPS) is 14.8. The molecule has 6 nitrogen and oxygen atoms in total. The number of hydrogen-bond donors (Lipinski definition) is 1. The molecular formula is C18H18ClN5O. The fourth-order valence-electron chi connectivity index (χ4n) is 2.82. The molecule has 0 spiro atoms. The number of halogens is 1. The second kappa shape index (κ2) is 7.97. The summed E-state index contributed by atoms with van der Waals surface area (Å²) in [6.07, 6.45) is 1.70. The molecule has 1 saturated heterocycles. The van der Waals surface area contributed by atoms with Crippen LogP contribution in [0.1, 0.15) is 5.56 Å². The van der Waals surface area contributed by atoms with Crippen LogP contribution in [0, 0.1) is 11.3 Å². The third-order valence-electron chi connectivity index (χ3n) is 4.05. The number of amides is 1. The molecule has 0 aliphatic carbocycles. The highest BCUT2D eigenvalue weighted by Crippen LogP contribution is 2.18. The van der Waals surface area contributed by atoms with Gasteiger partial charge in [0.15, 0.2) is 0 Å². The Labute approximate surface area is 151 Å². The van der Waals surface area contributed by atoms with Gasteiger partial charge in [0.1, 0.15) is 11.9 Å². The lowest BCUT2D eigenvalue weighted by atomic mass is 10.2. The van der Waals surface area contributed by atoms with Gasteiger partial charge >= 0.3 is 0 Å². The number of rotatable bonds is 4. The van der Waals surface area contributed by atoms with Crippen molar-refractivity contribution < 1.29 is 4.79 Å². The number of nitrogens with zero attached hydrogens (tertiary/aromatic N) is 4. The topological polar surface area (TPSA) is 72.3 Å². The maximum absolute atomic E-state index is 12.2. The van der Waals surface area contributed by atoms with Crippen molar-refractivity contribution in [2.24, 2.45) is 0 Å². The molecule has 1 aromatic carbocycles. The van der Waals surface area contributed by atoms with Gasteiger partial charge in [-0.1, -0.05) is 17.7 Å². The minimum absolute atomic E-state index is 0.0636.